The molecule has 1 unspecified atom stereocenters. The second-order valence-electron chi connectivity index (χ2n) is 6.21. The first-order valence-corrected chi connectivity index (χ1v) is 8.26. The van der Waals surface area contributed by atoms with Crippen molar-refractivity contribution in [2.75, 3.05) is 19.6 Å². The number of imidazole rings is 1. The van der Waals surface area contributed by atoms with Crippen LogP contribution in [0.15, 0.2) is 47.5 Å². The van der Waals surface area contributed by atoms with Crippen LogP contribution in [0.1, 0.15) is 22.4 Å². The Hall–Kier alpha value is -2.64. The lowest BCUT2D eigenvalue weighted by Gasteiger charge is -2.35. The van der Waals surface area contributed by atoms with Crippen LogP contribution < -0.4 is 10.9 Å². The molecule has 2 N–H and O–H groups in total. The monoisotopic (exact) mass is 373 g/mol. The summed E-state index contributed by atoms with van der Waals surface area (Å²) >= 11 is 0. The number of halogens is 1. The van der Waals surface area contributed by atoms with Crippen molar-refractivity contribution in [2.24, 2.45) is 7.05 Å². The van der Waals surface area contributed by atoms with Crippen LogP contribution in [0.5, 0.6) is 0 Å². The molecule has 1 saturated heterocycles. The maximum atomic E-state index is 13.1. The van der Waals surface area contributed by atoms with Gasteiger partial charge in [0.25, 0.3) is 11.5 Å². The molecule has 3 heterocycles. The molecule has 136 valence electrons. The lowest BCUT2D eigenvalue weighted by molar-refractivity contribution is 0.0614. The van der Waals surface area contributed by atoms with Gasteiger partial charge in [-0.2, -0.15) is 0 Å². The molecular weight excluding hydrogens is 354 g/mol. The number of H-pyrrole nitrogens is 1. The predicted octanol–water partition coefficient (Wildman–Crippen LogP) is 1.47. The number of nitrogens with zero attached hydrogens (tertiary/aromatic N) is 3. The number of benzene rings is 1. The van der Waals surface area contributed by atoms with Crippen molar-refractivity contribution in [3.63, 3.8) is 0 Å². The maximum Gasteiger partial charge on any atom is 0.271 e. The van der Waals surface area contributed by atoms with Gasteiger partial charge in [-0.15, -0.1) is 12.4 Å². The fourth-order valence-corrected chi connectivity index (χ4v) is 3.36. The molecule has 0 bridgehead atoms. The average molecular weight is 374 g/mol. The maximum absolute atomic E-state index is 13.1. The van der Waals surface area contributed by atoms with Crippen LogP contribution in [0.4, 0.5) is 0 Å². The zero-order valence-electron chi connectivity index (χ0n) is 14.3. The Morgan fingerprint density at radius 1 is 1.31 bits per heavy atom. The number of carbonyl (C=O) groups excluding carboxylic acids is 1. The van der Waals surface area contributed by atoms with E-state index < -0.39 is 0 Å². The van der Waals surface area contributed by atoms with Crippen LogP contribution in [0.25, 0.3) is 10.8 Å². The number of fused-ring (bicyclic) bond motifs is 1. The van der Waals surface area contributed by atoms with E-state index in [-0.39, 0.29) is 29.9 Å². The zero-order chi connectivity index (χ0) is 17.4. The number of carbonyl (C=O) groups is 1. The Kier molecular flexibility index (Phi) is 5.11. The molecule has 4 rings (SSSR count). The molecule has 1 aromatic carbocycles. The van der Waals surface area contributed by atoms with Crippen LogP contribution in [0.3, 0.4) is 0 Å². The summed E-state index contributed by atoms with van der Waals surface area (Å²) in [6.07, 6.45) is 3.59. The third-order valence-electron chi connectivity index (χ3n) is 4.64. The van der Waals surface area contributed by atoms with Gasteiger partial charge in [0.1, 0.15) is 17.6 Å². The second-order valence-corrected chi connectivity index (χ2v) is 6.21. The van der Waals surface area contributed by atoms with Gasteiger partial charge >= 0.3 is 0 Å². The highest BCUT2D eigenvalue weighted by atomic mass is 35.5. The molecule has 0 saturated carbocycles. The number of hydrogen-bond donors (Lipinski definition) is 2. The van der Waals surface area contributed by atoms with Crippen molar-refractivity contribution in [1.29, 1.82) is 0 Å². The number of pyridine rings is 1. The first-order valence-electron chi connectivity index (χ1n) is 8.26. The van der Waals surface area contributed by atoms with Crippen molar-refractivity contribution in [1.82, 2.24) is 24.8 Å². The highest BCUT2D eigenvalue weighted by molar-refractivity contribution is 5.96. The van der Waals surface area contributed by atoms with Crippen LogP contribution >= 0.6 is 12.4 Å². The zero-order valence-corrected chi connectivity index (χ0v) is 15.1. The number of nitrogens with one attached hydrogen (secondary N) is 2. The van der Waals surface area contributed by atoms with Gasteiger partial charge in [0.05, 0.1) is 0 Å². The summed E-state index contributed by atoms with van der Waals surface area (Å²) in [5.74, 6) is 0.640. The first-order chi connectivity index (χ1) is 12.1. The minimum atomic E-state index is -0.245. The van der Waals surface area contributed by atoms with Crippen molar-refractivity contribution in [3.05, 3.63) is 64.6 Å². The molecule has 8 heteroatoms. The summed E-state index contributed by atoms with van der Waals surface area (Å²) in [5, 5.41) is 4.65. The fraction of sp³-hybridized carbons (Fsp3) is 0.278. The van der Waals surface area contributed by atoms with E-state index in [4.69, 9.17) is 0 Å². The topological polar surface area (TPSA) is 83.0 Å². The molecule has 2 aromatic heterocycles. The minimum Gasteiger partial charge on any atom is -0.336 e. The highest BCUT2D eigenvalue weighted by Gasteiger charge is 2.31. The molecule has 3 aromatic rings. The van der Waals surface area contributed by atoms with Gasteiger partial charge in [-0.05, 0) is 17.5 Å². The quantitative estimate of drug-likeness (QED) is 0.712. The molecule has 26 heavy (non-hydrogen) atoms. The molecule has 1 aliphatic rings. The number of aryl methyl sites for hydroxylation is 1. The van der Waals surface area contributed by atoms with E-state index in [1.54, 1.807) is 23.2 Å². The third kappa shape index (κ3) is 3.11. The van der Waals surface area contributed by atoms with Crippen LogP contribution in [0.2, 0.25) is 0 Å². The van der Waals surface area contributed by atoms with Gasteiger partial charge in [-0.25, -0.2) is 4.98 Å². The summed E-state index contributed by atoms with van der Waals surface area (Å²) in [6.45, 7) is 1.91. The summed E-state index contributed by atoms with van der Waals surface area (Å²) in [5.41, 5.74) is 0.0648. The van der Waals surface area contributed by atoms with E-state index in [1.807, 2.05) is 36.0 Å². The number of amides is 1. The van der Waals surface area contributed by atoms with E-state index >= 15 is 0 Å². The average Bonchev–Trinajstić information content (AvgIpc) is 3.07. The van der Waals surface area contributed by atoms with Gasteiger partial charge < -0.3 is 19.8 Å². The lowest BCUT2D eigenvalue weighted by atomic mass is 10.1. The Morgan fingerprint density at radius 3 is 2.88 bits per heavy atom. The van der Waals surface area contributed by atoms with Gasteiger partial charge in [-0.3, -0.25) is 9.59 Å². The van der Waals surface area contributed by atoms with Gasteiger partial charge in [0, 0.05) is 44.5 Å². The molecule has 1 aliphatic heterocycles. The lowest BCUT2D eigenvalue weighted by Crippen LogP contribution is -2.49. The third-order valence-corrected chi connectivity index (χ3v) is 4.64. The van der Waals surface area contributed by atoms with Crippen LogP contribution in [-0.2, 0) is 7.05 Å². The molecule has 0 radical (unpaired) electrons. The fourth-order valence-electron chi connectivity index (χ4n) is 3.36. The molecule has 1 fully saturated rings. The number of aromatic amines is 1. The molecule has 7 nitrogen and oxygen atoms in total. The summed E-state index contributed by atoms with van der Waals surface area (Å²) in [4.78, 5) is 34.3. The van der Waals surface area contributed by atoms with E-state index in [0.29, 0.717) is 30.7 Å². The van der Waals surface area contributed by atoms with Gasteiger partial charge in [-0.1, -0.05) is 18.2 Å². The smallest absolute Gasteiger partial charge is 0.271 e. The standard InChI is InChI=1S/C18H19N5O2.ClH/c1-22-8-7-20-16(22)15-11-19-6-9-23(15)18(25)14-10-12-4-2-3-5-13(12)17(24)21-14;/h2-5,7-8,10,15,19H,6,9,11H2,1H3,(H,21,24);1H. The van der Waals surface area contributed by atoms with Gasteiger partial charge in [0.15, 0.2) is 0 Å². The van der Waals surface area contributed by atoms with Gasteiger partial charge in [0.2, 0.25) is 0 Å². The van der Waals surface area contributed by atoms with Crippen LogP contribution in [-0.4, -0.2) is 45.0 Å². The SMILES string of the molecule is Cl.Cn1ccnc1C1CNCCN1C(=O)c1cc2ccccc2c(=O)[nH]1. The summed E-state index contributed by atoms with van der Waals surface area (Å²) < 4.78 is 1.92. The molecule has 0 aliphatic carbocycles. The highest BCUT2D eigenvalue weighted by Crippen LogP contribution is 2.22. The molecular formula is C18H20ClN5O2. The Labute approximate surface area is 156 Å². The van der Waals surface area contributed by atoms with E-state index in [0.717, 1.165) is 11.2 Å². The minimum absolute atomic E-state index is 0. The van der Waals surface area contributed by atoms with Crippen LogP contribution in [0, 0.1) is 0 Å². The molecule has 1 amide bonds. The Morgan fingerprint density at radius 2 is 2.12 bits per heavy atom. The second kappa shape index (κ2) is 7.31. The molecule has 1 atom stereocenters. The molecule has 0 spiro atoms. The van der Waals surface area contributed by atoms with Crippen molar-refractivity contribution in [2.45, 2.75) is 6.04 Å². The number of rotatable bonds is 2. The number of piperazine rings is 1. The Bertz CT molecular complexity index is 996. The largest absolute Gasteiger partial charge is 0.336 e. The van der Waals surface area contributed by atoms with Crippen molar-refractivity contribution >= 4 is 29.1 Å². The normalized spacial score (nSPS) is 17.1. The van der Waals surface area contributed by atoms with E-state index in [1.165, 1.54) is 0 Å². The predicted molar refractivity (Wildman–Crippen MR) is 102 cm³/mol. The Balaban J connectivity index is 0.00000196. The number of aromatic nitrogens is 3. The summed E-state index contributed by atoms with van der Waals surface area (Å²) in [7, 11) is 1.91. The van der Waals surface area contributed by atoms with E-state index in [2.05, 4.69) is 15.3 Å². The van der Waals surface area contributed by atoms with E-state index in [9.17, 15) is 9.59 Å². The van der Waals surface area contributed by atoms with Crippen molar-refractivity contribution in [3.8, 4) is 0 Å². The number of hydrogen-bond acceptors (Lipinski definition) is 4. The van der Waals surface area contributed by atoms with Crippen molar-refractivity contribution < 1.29 is 4.79 Å². The first kappa shape index (κ1) is 18.2. The summed E-state index contributed by atoms with van der Waals surface area (Å²) in [6, 6.07) is 8.84.